The van der Waals surface area contributed by atoms with Gasteiger partial charge in [-0.05, 0) is 35.1 Å². The Morgan fingerprint density at radius 2 is 2.17 bits per heavy atom. The van der Waals surface area contributed by atoms with Gasteiger partial charge in [0.15, 0.2) is 0 Å². The summed E-state index contributed by atoms with van der Waals surface area (Å²) >= 11 is 1.44. The fourth-order valence-corrected chi connectivity index (χ4v) is 3.20. The Morgan fingerprint density at radius 3 is 2.96 bits per heavy atom. The van der Waals surface area contributed by atoms with Crippen LogP contribution in [-0.2, 0) is 11.3 Å². The molecule has 24 heavy (non-hydrogen) atoms. The number of benzene rings is 1. The van der Waals surface area contributed by atoms with E-state index in [1.807, 2.05) is 29.6 Å². The number of aryl methyl sites for hydroxylation is 1. The number of hydrogen-bond acceptors (Lipinski definition) is 4. The second kappa shape index (κ2) is 6.97. The van der Waals surface area contributed by atoms with E-state index in [1.165, 1.54) is 27.8 Å². The Balaban J connectivity index is 1.65. The number of anilines is 1. The number of thiophene rings is 1. The summed E-state index contributed by atoms with van der Waals surface area (Å²) in [6.07, 6.45) is 1.73. The van der Waals surface area contributed by atoms with E-state index in [0.717, 1.165) is 10.5 Å². The van der Waals surface area contributed by atoms with Gasteiger partial charge in [-0.2, -0.15) is 0 Å². The van der Waals surface area contributed by atoms with E-state index >= 15 is 0 Å². The van der Waals surface area contributed by atoms with Crippen LogP contribution >= 0.6 is 11.3 Å². The van der Waals surface area contributed by atoms with Crippen molar-refractivity contribution in [3.05, 3.63) is 58.0 Å². The maximum Gasteiger partial charge on any atom is 0.262 e. The van der Waals surface area contributed by atoms with E-state index in [1.54, 1.807) is 6.07 Å². The summed E-state index contributed by atoms with van der Waals surface area (Å²) in [5.74, 6) is 0.289. The molecule has 5 nitrogen and oxygen atoms in total. The lowest BCUT2D eigenvalue weighted by atomic mass is 10.0. The van der Waals surface area contributed by atoms with Gasteiger partial charge in [0, 0.05) is 18.7 Å². The fourth-order valence-electron chi connectivity index (χ4n) is 2.47. The SMILES string of the molecule is CC(C)c1cccc(NC(=O)CCn2cnc3sccc3c2=O)c1. The van der Waals surface area contributed by atoms with Gasteiger partial charge < -0.3 is 5.32 Å². The molecular weight excluding hydrogens is 322 g/mol. The highest BCUT2D eigenvalue weighted by molar-refractivity contribution is 7.16. The van der Waals surface area contributed by atoms with Gasteiger partial charge in [0.1, 0.15) is 4.83 Å². The maximum absolute atomic E-state index is 12.3. The van der Waals surface area contributed by atoms with E-state index in [0.29, 0.717) is 17.8 Å². The van der Waals surface area contributed by atoms with Crippen molar-refractivity contribution < 1.29 is 4.79 Å². The molecule has 0 atom stereocenters. The third-order valence-electron chi connectivity index (χ3n) is 3.87. The van der Waals surface area contributed by atoms with Gasteiger partial charge in [-0.15, -0.1) is 11.3 Å². The molecule has 0 radical (unpaired) electrons. The molecule has 2 heterocycles. The minimum atomic E-state index is -0.117. The number of nitrogens with one attached hydrogen (secondary N) is 1. The number of rotatable bonds is 5. The first-order valence-electron chi connectivity index (χ1n) is 7.87. The lowest BCUT2D eigenvalue weighted by Gasteiger charge is -2.10. The third kappa shape index (κ3) is 3.54. The molecular formula is C18H19N3O2S. The zero-order valence-corrected chi connectivity index (χ0v) is 14.5. The fraction of sp³-hybridized carbons (Fsp3) is 0.278. The molecule has 124 valence electrons. The van der Waals surface area contributed by atoms with Crippen molar-refractivity contribution in [3.8, 4) is 0 Å². The van der Waals surface area contributed by atoms with Gasteiger partial charge in [0.05, 0.1) is 11.7 Å². The van der Waals surface area contributed by atoms with Crippen LogP contribution in [0.15, 0.2) is 46.8 Å². The molecule has 0 aliphatic rings. The lowest BCUT2D eigenvalue weighted by molar-refractivity contribution is -0.116. The van der Waals surface area contributed by atoms with Crippen LogP contribution in [-0.4, -0.2) is 15.5 Å². The maximum atomic E-state index is 12.3. The Hall–Kier alpha value is -2.47. The number of carbonyl (C=O) groups excluding carboxylic acids is 1. The van der Waals surface area contributed by atoms with Crippen molar-refractivity contribution in [1.29, 1.82) is 0 Å². The quantitative estimate of drug-likeness (QED) is 0.771. The summed E-state index contributed by atoms with van der Waals surface area (Å²) in [5.41, 5.74) is 1.86. The minimum absolute atomic E-state index is 0.101. The number of nitrogens with zero attached hydrogens (tertiary/aromatic N) is 2. The van der Waals surface area contributed by atoms with E-state index in [2.05, 4.69) is 24.1 Å². The highest BCUT2D eigenvalue weighted by atomic mass is 32.1. The summed E-state index contributed by atoms with van der Waals surface area (Å²) < 4.78 is 1.49. The molecule has 1 amide bonds. The molecule has 0 saturated carbocycles. The van der Waals surface area contributed by atoms with Crippen LogP contribution in [0.2, 0.25) is 0 Å². The first-order chi connectivity index (χ1) is 11.5. The molecule has 0 unspecified atom stereocenters. The molecule has 2 aromatic heterocycles. The van der Waals surface area contributed by atoms with E-state index in [4.69, 9.17) is 0 Å². The Morgan fingerprint density at radius 1 is 1.33 bits per heavy atom. The summed E-state index contributed by atoms with van der Waals surface area (Å²) in [6.45, 7) is 4.54. The minimum Gasteiger partial charge on any atom is -0.326 e. The predicted octanol–water partition coefficient (Wildman–Crippen LogP) is 3.61. The zero-order chi connectivity index (χ0) is 17.1. The number of fused-ring (bicyclic) bond motifs is 1. The summed E-state index contributed by atoms with van der Waals surface area (Å²) in [7, 11) is 0. The average molecular weight is 341 g/mol. The topological polar surface area (TPSA) is 64.0 Å². The van der Waals surface area contributed by atoms with Gasteiger partial charge in [0.25, 0.3) is 5.56 Å². The van der Waals surface area contributed by atoms with Gasteiger partial charge >= 0.3 is 0 Å². The Labute approximate surface area is 144 Å². The van der Waals surface area contributed by atoms with Gasteiger partial charge in [-0.3, -0.25) is 14.2 Å². The predicted molar refractivity (Wildman–Crippen MR) is 97.7 cm³/mol. The molecule has 3 aromatic rings. The largest absolute Gasteiger partial charge is 0.326 e. The van der Waals surface area contributed by atoms with E-state index < -0.39 is 0 Å². The highest BCUT2D eigenvalue weighted by Crippen LogP contribution is 2.18. The molecule has 6 heteroatoms. The first-order valence-corrected chi connectivity index (χ1v) is 8.75. The first kappa shape index (κ1) is 16.4. The standard InChI is InChI=1S/C18H19N3O2S/c1-12(2)13-4-3-5-14(10-13)20-16(22)6-8-21-11-19-17-15(18(21)23)7-9-24-17/h3-5,7,9-12H,6,8H2,1-2H3,(H,20,22). The lowest BCUT2D eigenvalue weighted by Crippen LogP contribution is -2.23. The molecule has 0 aliphatic carbocycles. The van der Waals surface area contributed by atoms with Crippen molar-refractivity contribution >= 4 is 33.1 Å². The van der Waals surface area contributed by atoms with Crippen LogP contribution in [0.25, 0.3) is 10.2 Å². The summed E-state index contributed by atoms with van der Waals surface area (Å²) in [6, 6.07) is 9.59. The molecule has 0 fully saturated rings. The normalized spacial score (nSPS) is 11.1. The van der Waals surface area contributed by atoms with Gasteiger partial charge in [-0.25, -0.2) is 4.98 Å². The van der Waals surface area contributed by atoms with Crippen molar-refractivity contribution in [1.82, 2.24) is 9.55 Å². The van der Waals surface area contributed by atoms with Crippen molar-refractivity contribution in [2.45, 2.75) is 32.7 Å². The van der Waals surface area contributed by atoms with E-state index in [9.17, 15) is 9.59 Å². The highest BCUT2D eigenvalue weighted by Gasteiger charge is 2.08. The van der Waals surface area contributed by atoms with Crippen LogP contribution in [0.3, 0.4) is 0 Å². The molecule has 1 aromatic carbocycles. The molecule has 0 aliphatic heterocycles. The Kier molecular flexibility index (Phi) is 4.76. The van der Waals surface area contributed by atoms with Crippen molar-refractivity contribution in [2.75, 3.05) is 5.32 Å². The summed E-state index contributed by atoms with van der Waals surface area (Å²) in [4.78, 5) is 29.4. The molecule has 3 rings (SSSR count). The van der Waals surface area contributed by atoms with Crippen molar-refractivity contribution in [2.24, 2.45) is 0 Å². The van der Waals surface area contributed by atoms with Crippen LogP contribution < -0.4 is 10.9 Å². The van der Waals surface area contributed by atoms with Gasteiger partial charge in [-0.1, -0.05) is 26.0 Å². The van der Waals surface area contributed by atoms with Crippen LogP contribution in [0, 0.1) is 0 Å². The number of carbonyl (C=O) groups is 1. The number of amides is 1. The molecule has 1 N–H and O–H groups in total. The Bertz CT molecular complexity index is 927. The second-order valence-electron chi connectivity index (χ2n) is 5.96. The monoisotopic (exact) mass is 341 g/mol. The molecule has 0 spiro atoms. The van der Waals surface area contributed by atoms with E-state index in [-0.39, 0.29) is 17.9 Å². The smallest absolute Gasteiger partial charge is 0.262 e. The summed E-state index contributed by atoms with van der Waals surface area (Å²) in [5, 5.41) is 5.34. The molecule has 0 bridgehead atoms. The number of hydrogen-bond donors (Lipinski definition) is 1. The van der Waals surface area contributed by atoms with Crippen LogP contribution in [0.4, 0.5) is 5.69 Å². The van der Waals surface area contributed by atoms with Crippen LogP contribution in [0.1, 0.15) is 31.7 Å². The second-order valence-corrected chi connectivity index (χ2v) is 6.86. The molecule has 0 saturated heterocycles. The number of aromatic nitrogens is 2. The van der Waals surface area contributed by atoms with Gasteiger partial charge in [0.2, 0.25) is 5.91 Å². The zero-order valence-electron chi connectivity index (χ0n) is 13.7. The third-order valence-corrected chi connectivity index (χ3v) is 4.69. The average Bonchev–Trinajstić information content (AvgIpc) is 3.04. The van der Waals surface area contributed by atoms with Crippen LogP contribution in [0.5, 0.6) is 0 Å². The van der Waals surface area contributed by atoms with Crippen molar-refractivity contribution in [3.63, 3.8) is 0 Å².